The van der Waals surface area contributed by atoms with E-state index in [1.165, 1.54) is 0 Å². The van der Waals surface area contributed by atoms with Gasteiger partial charge in [0.25, 0.3) is 0 Å². The van der Waals surface area contributed by atoms with Gasteiger partial charge in [-0.3, -0.25) is 9.78 Å². The van der Waals surface area contributed by atoms with Crippen LogP contribution in [0.2, 0.25) is 0 Å². The minimum Gasteiger partial charge on any atom is -0.311 e. The van der Waals surface area contributed by atoms with Crippen LogP contribution in [0, 0.1) is 0 Å². The van der Waals surface area contributed by atoms with Crippen molar-refractivity contribution < 1.29 is 4.79 Å². The number of rotatable bonds is 5. The highest BCUT2D eigenvalue weighted by molar-refractivity contribution is 5.95. The molecule has 0 aliphatic heterocycles. The molecule has 5 nitrogen and oxygen atoms in total. The van der Waals surface area contributed by atoms with Crippen molar-refractivity contribution in [3.8, 4) is 0 Å². The molecule has 0 spiro atoms. The van der Waals surface area contributed by atoms with Crippen LogP contribution in [-0.4, -0.2) is 20.7 Å². The fourth-order valence-corrected chi connectivity index (χ4v) is 3.02. The molecule has 4 rings (SSSR count). The Hall–Kier alpha value is -3.47. The largest absolute Gasteiger partial charge is 0.311 e. The predicted molar refractivity (Wildman–Crippen MR) is 102 cm³/mol. The second-order valence-electron chi connectivity index (χ2n) is 6.06. The average molecular weight is 342 g/mol. The summed E-state index contributed by atoms with van der Waals surface area (Å²) >= 11 is 0. The van der Waals surface area contributed by atoms with Gasteiger partial charge in [0.05, 0.1) is 24.9 Å². The van der Waals surface area contributed by atoms with Gasteiger partial charge in [-0.15, -0.1) is 0 Å². The second kappa shape index (κ2) is 7.19. The van der Waals surface area contributed by atoms with Gasteiger partial charge in [-0.25, -0.2) is 4.68 Å². The standard InChI is InChI=1S/C21H18N4O/c26-21(14-17-8-5-7-16-6-1-2-10-19(16)17)24-20-11-13-23-25(20)15-18-9-3-4-12-22-18/h1-13H,14-15H2,(H,24,26). The molecule has 26 heavy (non-hydrogen) atoms. The molecular weight excluding hydrogens is 324 g/mol. The molecule has 0 saturated heterocycles. The molecule has 0 atom stereocenters. The number of hydrogen-bond donors (Lipinski definition) is 1. The number of carbonyl (C=O) groups excluding carboxylic acids is 1. The lowest BCUT2D eigenvalue weighted by molar-refractivity contribution is -0.115. The molecular formula is C21H18N4O. The van der Waals surface area contributed by atoms with E-state index in [0.717, 1.165) is 22.0 Å². The van der Waals surface area contributed by atoms with Crippen molar-refractivity contribution in [2.24, 2.45) is 0 Å². The minimum atomic E-state index is -0.0656. The Morgan fingerprint density at radius 3 is 2.65 bits per heavy atom. The summed E-state index contributed by atoms with van der Waals surface area (Å²) in [6, 6.07) is 21.7. The molecule has 4 aromatic rings. The smallest absolute Gasteiger partial charge is 0.229 e. The first kappa shape index (κ1) is 16.0. The van der Waals surface area contributed by atoms with E-state index in [1.807, 2.05) is 48.5 Å². The Kier molecular flexibility index (Phi) is 4.43. The summed E-state index contributed by atoms with van der Waals surface area (Å²) in [5.74, 6) is 0.602. The molecule has 0 saturated carbocycles. The Balaban J connectivity index is 1.50. The van der Waals surface area contributed by atoms with E-state index < -0.39 is 0 Å². The summed E-state index contributed by atoms with van der Waals surface area (Å²) in [4.78, 5) is 16.9. The zero-order valence-corrected chi connectivity index (χ0v) is 14.2. The number of aromatic nitrogens is 3. The van der Waals surface area contributed by atoms with Gasteiger partial charge in [0, 0.05) is 12.3 Å². The number of nitrogens with zero attached hydrogens (tertiary/aromatic N) is 3. The number of pyridine rings is 1. The highest BCUT2D eigenvalue weighted by Gasteiger charge is 2.10. The van der Waals surface area contributed by atoms with E-state index in [-0.39, 0.29) is 5.91 Å². The highest BCUT2D eigenvalue weighted by atomic mass is 16.1. The number of anilines is 1. The highest BCUT2D eigenvalue weighted by Crippen LogP contribution is 2.19. The van der Waals surface area contributed by atoms with Gasteiger partial charge in [0.2, 0.25) is 5.91 Å². The van der Waals surface area contributed by atoms with Gasteiger partial charge < -0.3 is 5.32 Å². The van der Waals surface area contributed by atoms with Crippen LogP contribution in [0.15, 0.2) is 79.1 Å². The monoisotopic (exact) mass is 342 g/mol. The maximum Gasteiger partial charge on any atom is 0.229 e. The minimum absolute atomic E-state index is 0.0656. The van der Waals surface area contributed by atoms with Crippen LogP contribution < -0.4 is 5.32 Å². The van der Waals surface area contributed by atoms with Gasteiger partial charge >= 0.3 is 0 Å². The van der Waals surface area contributed by atoms with E-state index in [2.05, 4.69) is 27.5 Å². The molecule has 0 bridgehead atoms. The van der Waals surface area contributed by atoms with Crippen LogP contribution in [-0.2, 0) is 17.8 Å². The lowest BCUT2D eigenvalue weighted by Gasteiger charge is -2.10. The van der Waals surface area contributed by atoms with Crippen LogP contribution in [0.25, 0.3) is 10.8 Å². The van der Waals surface area contributed by atoms with Crippen molar-refractivity contribution in [3.63, 3.8) is 0 Å². The molecule has 0 aliphatic rings. The van der Waals surface area contributed by atoms with Gasteiger partial charge in [-0.1, -0.05) is 48.5 Å². The van der Waals surface area contributed by atoms with Gasteiger partial charge in [-0.05, 0) is 28.5 Å². The van der Waals surface area contributed by atoms with Crippen LogP contribution in [0.3, 0.4) is 0 Å². The first-order valence-electron chi connectivity index (χ1n) is 8.48. The Bertz CT molecular complexity index is 1030. The number of fused-ring (bicyclic) bond motifs is 1. The first-order valence-corrected chi connectivity index (χ1v) is 8.48. The van der Waals surface area contributed by atoms with E-state index in [9.17, 15) is 4.79 Å². The van der Waals surface area contributed by atoms with Crippen LogP contribution in [0.1, 0.15) is 11.3 Å². The summed E-state index contributed by atoms with van der Waals surface area (Å²) in [5.41, 5.74) is 1.90. The van der Waals surface area contributed by atoms with Gasteiger partial charge in [-0.2, -0.15) is 5.10 Å². The average Bonchev–Trinajstić information content (AvgIpc) is 3.09. The third kappa shape index (κ3) is 3.47. The Morgan fingerprint density at radius 2 is 1.77 bits per heavy atom. The molecule has 2 aromatic carbocycles. The molecule has 0 aliphatic carbocycles. The third-order valence-electron chi connectivity index (χ3n) is 4.25. The fourth-order valence-electron chi connectivity index (χ4n) is 3.02. The van der Waals surface area contributed by atoms with Crippen molar-refractivity contribution >= 4 is 22.5 Å². The zero-order chi connectivity index (χ0) is 17.8. The van der Waals surface area contributed by atoms with Crippen LogP contribution >= 0.6 is 0 Å². The van der Waals surface area contributed by atoms with E-state index in [0.29, 0.717) is 18.8 Å². The second-order valence-corrected chi connectivity index (χ2v) is 6.06. The molecule has 2 aromatic heterocycles. The lowest BCUT2D eigenvalue weighted by Crippen LogP contribution is -2.18. The van der Waals surface area contributed by atoms with Gasteiger partial charge in [0.1, 0.15) is 5.82 Å². The number of nitrogens with one attached hydrogen (secondary N) is 1. The Labute approximate surface area is 151 Å². The van der Waals surface area contributed by atoms with Crippen LogP contribution in [0.5, 0.6) is 0 Å². The number of carbonyl (C=O) groups is 1. The van der Waals surface area contributed by atoms with Gasteiger partial charge in [0.15, 0.2) is 0 Å². The predicted octanol–water partition coefficient (Wildman–Crippen LogP) is 3.66. The molecule has 5 heteroatoms. The van der Waals surface area contributed by atoms with E-state index in [4.69, 9.17) is 0 Å². The molecule has 1 amide bonds. The quantitative estimate of drug-likeness (QED) is 0.602. The Morgan fingerprint density at radius 1 is 0.923 bits per heavy atom. The SMILES string of the molecule is O=C(Cc1cccc2ccccc12)Nc1ccnn1Cc1ccccn1. The van der Waals surface area contributed by atoms with Crippen molar-refractivity contribution in [3.05, 3.63) is 90.4 Å². The van der Waals surface area contributed by atoms with E-state index >= 15 is 0 Å². The molecule has 0 fully saturated rings. The number of benzene rings is 2. The number of amides is 1. The van der Waals surface area contributed by atoms with Crippen LogP contribution in [0.4, 0.5) is 5.82 Å². The summed E-state index contributed by atoms with van der Waals surface area (Å²) in [6.45, 7) is 0.512. The van der Waals surface area contributed by atoms with Crippen molar-refractivity contribution in [1.82, 2.24) is 14.8 Å². The summed E-state index contributed by atoms with van der Waals surface area (Å²) < 4.78 is 1.74. The summed E-state index contributed by atoms with van der Waals surface area (Å²) in [5, 5.41) is 9.48. The number of hydrogen-bond acceptors (Lipinski definition) is 3. The first-order chi connectivity index (χ1) is 12.8. The summed E-state index contributed by atoms with van der Waals surface area (Å²) in [6.07, 6.45) is 3.74. The molecule has 128 valence electrons. The maximum atomic E-state index is 12.6. The maximum absolute atomic E-state index is 12.6. The molecule has 0 radical (unpaired) electrons. The van der Waals surface area contributed by atoms with Crippen molar-refractivity contribution in [2.45, 2.75) is 13.0 Å². The molecule has 2 heterocycles. The third-order valence-corrected chi connectivity index (χ3v) is 4.25. The topological polar surface area (TPSA) is 59.8 Å². The summed E-state index contributed by atoms with van der Waals surface area (Å²) in [7, 11) is 0. The normalized spacial score (nSPS) is 10.8. The molecule has 1 N–H and O–H groups in total. The zero-order valence-electron chi connectivity index (χ0n) is 14.2. The van der Waals surface area contributed by atoms with Crippen molar-refractivity contribution in [1.29, 1.82) is 0 Å². The van der Waals surface area contributed by atoms with Crippen molar-refractivity contribution in [2.75, 3.05) is 5.32 Å². The fraction of sp³-hybridized carbons (Fsp3) is 0.0952. The van der Waals surface area contributed by atoms with E-state index in [1.54, 1.807) is 23.1 Å². The lowest BCUT2D eigenvalue weighted by atomic mass is 10.0. The molecule has 0 unspecified atom stereocenters.